The first-order valence-electron chi connectivity index (χ1n) is 6.83. The molecular formula is C16H18ClNO2S. The van der Waals surface area contributed by atoms with Crippen LogP contribution in [0.1, 0.15) is 24.8 Å². The molecule has 0 amide bonds. The Morgan fingerprint density at radius 2 is 1.67 bits per heavy atom. The third kappa shape index (κ3) is 4.06. The van der Waals surface area contributed by atoms with E-state index >= 15 is 0 Å². The molecule has 3 nitrogen and oxygen atoms in total. The molecule has 0 saturated heterocycles. The maximum atomic E-state index is 12.3. The van der Waals surface area contributed by atoms with E-state index in [4.69, 9.17) is 11.6 Å². The topological polar surface area (TPSA) is 46.2 Å². The summed E-state index contributed by atoms with van der Waals surface area (Å²) in [6.45, 7) is 2.40. The van der Waals surface area contributed by atoms with Crippen molar-refractivity contribution in [1.82, 2.24) is 4.72 Å². The number of halogens is 1. The molecule has 2 rings (SSSR count). The molecule has 5 heteroatoms. The third-order valence-corrected chi connectivity index (χ3v) is 5.33. The summed E-state index contributed by atoms with van der Waals surface area (Å²) in [5, 5.41) is 0.234. The van der Waals surface area contributed by atoms with E-state index in [1.807, 2.05) is 37.3 Å². The van der Waals surface area contributed by atoms with E-state index in [0.29, 0.717) is 6.54 Å². The van der Waals surface area contributed by atoms with Crippen LogP contribution in [0.25, 0.3) is 0 Å². The molecule has 0 aliphatic carbocycles. The molecule has 112 valence electrons. The predicted molar refractivity (Wildman–Crippen MR) is 86.1 cm³/mol. The van der Waals surface area contributed by atoms with Gasteiger partial charge in [0.05, 0.1) is 5.02 Å². The number of nitrogens with one attached hydrogen (secondary N) is 1. The van der Waals surface area contributed by atoms with Gasteiger partial charge in [-0.2, -0.15) is 0 Å². The minimum atomic E-state index is -3.59. The molecule has 0 spiro atoms. The Labute approximate surface area is 131 Å². The van der Waals surface area contributed by atoms with Gasteiger partial charge < -0.3 is 0 Å². The average molecular weight is 324 g/mol. The monoisotopic (exact) mass is 323 g/mol. The number of hydrogen-bond acceptors (Lipinski definition) is 2. The molecule has 0 heterocycles. The summed E-state index contributed by atoms with van der Waals surface area (Å²) in [7, 11) is -3.59. The van der Waals surface area contributed by atoms with Crippen molar-refractivity contribution in [3.05, 3.63) is 65.2 Å². The highest BCUT2D eigenvalue weighted by Gasteiger charge is 2.19. The summed E-state index contributed by atoms with van der Waals surface area (Å²) >= 11 is 5.96. The fourth-order valence-electron chi connectivity index (χ4n) is 2.17. The van der Waals surface area contributed by atoms with Crippen molar-refractivity contribution in [2.24, 2.45) is 0 Å². The van der Waals surface area contributed by atoms with Gasteiger partial charge in [0.1, 0.15) is 4.90 Å². The van der Waals surface area contributed by atoms with E-state index in [1.165, 1.54) is 6.07 Å². The average Bonchev–Trinajstić information content (AvgIpc) is 2.49. The SMILES string of the molecule is CCC(CNS(=O)(=O)c1ccccc1Cl)c1ccccc1. The highest BCUT2D eigenvalue weighted by molar-refractivity contribution is 7.89. The molecule has 1 unspecified atom stereocenters. The second-order valence-corrected chi connectivity index (χ2v) is 6.94. The van der Waals surface area contributed by atoms with Gasteiger partial charge in [-0.05, 0) is 30.0 Å². The van der Waals surface area contributed by atoms with E-state index in [9.17, 15) is 8.42 Å². The fourth-order valence-corrected chi connectivity index (χ4v) is 3.77. The summed E-state index contributed by atoms with van der Waals surface area (Å²) < 4.78 is 27.3. The van der Waals surface area contributed by atoms with Gasteiger partial charge in [-0.25, -0.2) is 13.1 Å². The van der Waals surface area contributed by atoms with Gasteiger partial charge in [0, 0.05) is 6.54 Å². The second kappa shape index (κ2) is 7.07. The number of sulfonamides is 1. The van der Waals surface area contributed by atoms with Crippen LogP contribution in [0.4, 0.5) is 0 Å². The summed E-state index contributed by atoms with van der Waals surface area (Å²) in [6.07, 6.45) is 0.856. The molecule has 0 bridgehead atoms. The van der Waals surface area contributed by atoms with Crippen LogP contribution >= 0.6 is 11.6 Å². The van der Waals surface area contributed by atoms with Crippen LogP contribution in [0.5, 0.6) is 0 Å². The summed E-state index contributed by atoms with van der Waals surface area (Å²) in [5.74, 6) is 0.142. The molecule has 0 radical (unpaired) electrons. The molecule has 0 fully saturated rings. The zero-order chi connectivity index (χ0) is 15.3. The Hall–Kier alpha value is -1.36. The summed E-state index contributed by atoms with van der Waals surface area (Å²) in [6, 6.07) is 16.3. The summed E-state index contributed by atoms with van der Waals surface area (Å²) in [4.78, 5) is 0.120. The Morgan fingerprint density at radius 1 is 1.05 bits per heavy atom. The second-order valence-electron chi connectivity index (χ2n) is 4.80. The van der Waals surface area contributed by atoms with Gasteiger partial charge in [-0.1, -0.05) is 61.0 Å². The Kier molecular flexibility index (Phi) is 5.39. The molecular weight excluding hydrogens is 306 g/mol. The van der Waals surface area contributed by atoms with E-state index in [1.54, 1.807) is 18.2 Å². The largest absolute Gasteiger partial charge is 0.242 e. The van der Waals surface area contributed by atoms with Crippen molar-refractivity contribution < 1.29 is 8.42 Å². The fraction of sp³-hybridized carbons (Fsp3) is 0.250. The Bertz CT molecular complexity index is 686. The van der Waals surface area contributed by atoms with Crippen molar-refractivity contribution in [3.8, 4) is 0 Å². The van der Waals surface area contributed by atoms with Crippen LogP contribution in [0, 0.1) is 0 Å². The lowest BCUT2D eigenvalue weighted by molar-refractivity contribution is 0.566. The van der Waals surface area contributed by atoms with Crippen molar-refractivity contribution in [2.45, 2.75) is 24.2 Å². The molecule has 0 aromatic heterocycles. The molecule has 21 heavy (non-hydrogen) atoms. The highest BCUT2D eigenvalue weighted by atomic mass is 35.5. The molecule has 1 atom stereocenters. The van der Waals surface area contributed by atoms with Crippen molar-refractivity contribution in [3.63, 3.8) is 0 Å². The lowest BCUT2D eigenvalue weighted by Gasteiger charge is -2.16. The van der Waals surface area contributed by atoms with E-state index < -0.39 is 10.0 Å². The minimum Gasteiger partial charge on any atom is -0.210 e. The minimum absolute atomic E-state index is 0.120. The van der Waals surface area contributed by atoms with Crippen LogP contribution in [0.15, 0.2) is 59.5 Å². The van der Waals surface area contributed by atoms with Crippen LogP contribution in [0.3, 0.4) is 0 Å². The van der Waals surface area contributed by atoms with Gasteiger partial charge in [0.15, 0.2) is 0 Å². The number of rotatable bonds is 6. The van der Waals surface area contributed by atoms with Crippen LogP contribution in [-0.4, -0.2) is 15.0 Å². The number of benzene rings is 2. The van der Waals surface area contributed by atoms with Crippen molar-refractivity contribution >= 4 is 21.6 Å². The maximum absolute atomic E-state index is 12.3. The quantitative estimate of drug-likeness (QED) is 0.878. The first-order chi connectivity index (χ1) is 10.0. The normalized spacial score (nSPS) is 13.0. The van der Waals surface area contributed by atoms with Gasteiger partial charge in [-0.3, -0.25) is 0 Å². The molecule has 1 N–H and O–H groups in total. The van der Waals surface area contributed by atoms with Crippen LogP contribution in [-0.2, 0) is 10.0 Å². The Balaban J connectivity index is 2.13. The summed E-state index contributed by atoms with van der Waals surface area (Å²) in [5.41, 5.74) is 1.13. The van der Waals surface area contributed by atoms with E-state index in [2.05, 4.69) is 4.72 Å². The standard InChI is InChI=1S/C16H18ClNO2S/c1-2-13(14-8-4-3-5-9-14)12-18-21(19,20)16-11-7-6-10-15(16)17/h3-11,13,18H,2,12H2,1H3. The number of hydrogen-bond donors (Lipinski definition) is 1. The molecule has 0 saturated carbocycles. The Morgan fingerprint density at radius 3 is 2.29 bits per heavy atom. The van der Waals surface area contributed by atoms with Crippen molar-refractivity contribution in [1.29, 1.82) is 0 Å². The van der Waals surface area contributed by atoms with E-state index in [0.717, 1.165) is 12.0 Å². The highest BCUT2D eigenvalue weighted by Crippen LogP contribution is 2.22. The molecule has 2 aromatic carbocycles. The maximum Gasteiger partial charge on any atom is 0.242 e. The smallest absolute Gasteiger partial charge is 0.210 e. The molecule has 0 aliphatic heterocycles. The zero-order valence-corrected chi connectivity index (χ0v) is 13.4. The van der Waals surface area contributed by atoms with Gasteiger partial charge in [0.25, 0.3) is 0 Å². The lowest BCUT2D eigenvalue weighted by Crippen LogP contribution is -2.28. The van der Waals surface area contributed by atoms with Gasteiger partial charge in [-0.15, -0.1) is 0 Å². The zero-order valence-electron chi connectivity index (χ0n) is 11.8. The molecule has 2 aromatic rings. The first-order valence-corrected chi connectivity index (χ1v) is 8.70. The first kappa shape index (κ1) is 16.0. The van der Waals surface area contributed by atoms with Crippen molar-refractivity contribution in [2.75, 3.05) is 6.54 Å². The van der Waals surface area contributed by atoms with Crippen LogP contribution < -0.4 is 4.72 Å². The van der Waals surface area contributed by atoms with Gasteiger partial charge in [0.2, 0.25) is 10.0 Å². The predicted octanol–water partition coefficient (Wildman–Crippen LogP) is 3.81. The molecule has 0 aliphatic rings. The third-order valence-electron chi connectivity index (χ3n) is 3.41. The van der Waals surface area contributed by atoms with Gasteiger partial charge >= 0.3 is 0 Å². The lowest BCUT2D eigenvalue weighted by atomic mass is 9.97. The van der Waals surface area contributed by atoms with Crippen LogP contribution in [0.2, 0.25) is 5.02 Å². The van der Waals surface area contributed by atoms with E-state index in [-0.39, 0.29) is 15.8 Å².